The molecule has 4 heterocycles. The second-order valence-corrected chi connectivity index (χ2v) is 6.95. The smallest absolute Gasteiger partial charge is 0.437 e. The Bertz CT molecular complexity index is 1200. The molecule has 0 saturated heterocycles. The van der Waals surface area contributed by atoms with Crippen LogP contribution in [0.4, 0.5) is 13.2 Å². The highest BCUT2D eigenvalue weighted by atomic mass is 19.4. The minimum Gasteiger partial charge on any atom is -0.493 e. The molecule has 0 bridgehead atoms. The number of halogens is 3. The van der Waals surface area contributed by atoms with Crippen molar-refractivity contribution in [3.63, 3.8) is 0 Å². The van der Waals surface area contributed by atoms with Crippen molar-refractivity contribution in [3.8, 4) is 28.4 Å². The van der Waals surface area contributed by atoms with E-state index in [1.165, 1.54) is 18.3 Å². The lowest BCUT2D eigenvalue weighted by atomic mass is 10.0. The van der Waals surface area contributed by atoms with Gasteiger partial charge in [0, 0.05) is 36.0 Å². The lowest BCUT2D eigenvalue weighted by molar-refractivity contribution is -0.140. The molecule has 0 spiro atoms. The van der Waals surface area contributed by atoms with E-state index in [0.717, 1.165) is 11.3 Å². The van der Waals surface area contributed by atoms with Crippen molar-refractivity contribution in [3.05, 3.63) is 66.4 Å². The monoisotopic (exact) mass is 412 g/mol. The number of H-pyrrole nitrogens is 1. The molecular formula is C20H15F3N6O. The number of aromatic amines is 1. The number of hydrogen-bond donors (Lipinski definition) is 1. The number of fused-ring (bicyclic) bond motifs is 1. The number of imidazole rings is 1. The predicted octanol–water partition coefficient (Wildman–Crippen LogP) is 3.93. The molecule has 1 N–H and O–H groups in total. The van der Waals surface area contributed by atoms with E-state index in [2.05, 4.69) is 20.2 Å². The molecule has 152 valence electrons. The number of nitrogens with one attached hydrogen (secondary N) is 1. The molecular weight excluding hydrogens is 397 g/mol. The van der Waals surface area contributed by atoms with Gasteiger partial charge in [0.2, 0.25) is 0 Å². The predicted molar refractivity (Wildman–Crippen MR) is 101 cm³/mol. The van der Waals surface area contributed by atoms with E-state index in [1.807, 2.05) is 40.2 Å². The molecule has 3 aromatic heterocycles. The maximum atomic E-state index is 13.1. The minimum atomic E-state index is -4.60. The summed E-state index contributed by atoms with van der Waals surface area (Å²) in [6.45, 7) is 1.26. The largest absolute Gasteiger partial charge is 0.493 e. The number of ether oxygens (including phenoxy) is 1. The Morgan fingerprint density at radius 1 is 1.10 bits per heavy atom. The van der Waals surface area contributed by atoms with Crippen LogP contribution in [-0.2, 0) is 12.7 Å². The Kier molecular flexibility index (Phi) is 4.27. The number of para-hydroxylation sites is 1. The quantitative estimate of drug-likeness (QED) is 0.549. The first kappa shape index (κ1) is 18.3. The van der Waals surface area contributed by atoms with Gasteiger partial charge in [0.1, 0.15) is 17.1 Å². The summed E-state index contributed by atoms with van der Waals surface area (Å²) in [6.07, 6.45) is 0.328. The van der Waals surface area contributed by atoms with Crippen molar-refractivity contribution in [1.82, 2.24) is 29.9 Å². The number of hydrogen-bond acceptors (Lipinski definition) is 5. The van der Waals surface area contributed by atoms with Crippen LogP contribution < -0.4 is 4.74 Å². The Hall–Kier alpha value is -3.69. The molecule has 1 aliphatic rings. The van der Waals surface area contributed by atoms with Crippen LogP contribution in [0.2, 0.25) is 0 Å². The van der Waals surface area contributed by atoms with Gasteiger partial charge in [-0.15, -0.1) is 0 Å². The molecule has 1 aliphatic heterocycles. The zero-order valence-electron chi connectivity index (χ0n) is 15.5. The second kappa shape index (κ2) is 6.97. The van der Waals surface area contributed by atoms with Crippen LogP contribution in [0.15, 0.2) is 55.1 Å². The molecule has 10 heteroatoms. The Morgan fingerprint density at radius 3 is 2.83 bits per heavy atom. The summed E-state index contributed by atoms with van der Waals surface area (Å²) in [5.41, 5.74) is 1.08. The van der Waals surface area contributed by atoms with Crippen molar-refractivity contribution in [1.29, 1.82) is 0 Å². The summed E-state index contributed by atoms with van der Waals surface area (Å²) in [5, 5.41) is 8.94. The van der Waals surface area contributed by atoms with E-state index in [1.54, 1.807) is 6.33 Å². The molecule has 1 atom stereocenters. The van der Waals surface area contributed by atoms with Gasteiger partial charge in [-0.05, 0) is 18.2 Å². The molecule has 30 heavy (non-hydrogen) atoms. The highest BCUT2D eigenvalue weighted by Gasteiger charge is 2.38. The van der Waals surface area contributed by atoms with Crippen LogP contribution in [0.25, 0.3) is 22.6 Å². The maximum absolute atomic E-state index is 13.1. The molecule has 5 rings (SSSR count). The van der Waals surface area contributed by atoms with E-state index in [-0.39, 0.29) is 17.2 Å². The summed E-state index contributed by atoms with van der Waals surface area (Å²) in [5.74, 6) is 1.09. The number of nitrogens with zero attached hydrogens (tertiary/aromatic N) is 5. The van der Waals surface area contributed by atoms with Gasteiger partial charge >= 0.3 is 6.18 Å². The topological polar surface area (TPSA) is 81.5 Å². The normalized spacial score (nSPS) is 15.8. The number of aromatic nitrogens is 6. The highest BCUT2D eigenvalue weighted by Crippen LogP contribution is 2.36. The fraction of sp³-hybridized carbons (Fsp3) is 0.200. The van der Waals surface area contributed by atoms with Crippen LogP contribution in [-0.4, -0.2) is 36.6 Å². The van der Waals surface area contributed by atoms with Gasteiger partial charge in [-0.2, -0.15) is 28.6 Å². The summed E-state index contributed by atoms with van der Waals surface area (Å²) in [6, 6.07) is 10.9. The maximum Gasteiger partial charge on any atom is 0.437 e. The zero-order chi connectivity index (χ0) is 20.7. The average molecular weight is 412 g/mol. The van der Waals surface area contributed by atoms with Gasteiger partial charge in [-0.1, -0.05) is 18.2 Å². The molecule has 0 saturated carbocycles. The van der Waals surface area contributed by atoms with Gasteiger partial charge in [0.15, 0.2) is 5.69 Å². The Balaban J connectivity index is 1.40. The van der Waals surface area contributed by atoms with Crippen molar-refractivity contribution in [2.45, 2.75) is 18.6 Å². The Labute approximate surface area is 168 Å². The van der Waals surface area contributed by atoms with Gasteiger partial charge in [0.05, 0.1) is 18.6 Å². The standard InChI is InChI=1S/C20H15F3N6O/c21-20(22,23)19-18(26-28-27-19)12-5-6-24-15(7-12)16-9-29(11-25-16)8-13-10-30-17-4-2-1-3-14(13)17/h1-7,9,11,13H,8,10H2,(H,26,27,28)/t13-/m0/s1. The Morgan fingerprint density at radius 2 is 1.97 bits per heavy atom. The summed E-state index contributed by atoms with van der Waals surface area (Å²) < 4.78 is 47.0. The van der Waals surface area contributed by atoms with Crippen LogP contribution in [0.1, 0.15) is 17.2 Å². The zero-order valence-corrected chi connectivity index (χ0v) is 15.5. The third kappa shape index (κ3) is 3.30. The van der Waals surface area contributed by atoms with Crippen LogP contribution in [0, 0.1) is 0 Å². The van der Waals surface area contributed by atoms with Gasteiger partial charge < -0.3 is 9.30 Å². The van der Waals surface area contributed by atoms with Gasteiger partial charge in [-0.3, -0.25) is 4.98 Å². The highest BCUT2D eigenvalue weighted by molar-refractivity contribution is 5.67. The molecule has 7 nitrogen and oxygen atoms in total. The van der Waals surface area contributed by atoms with Gasteiger partial charge in [-0.25, -0.2) is 4.98 Å². The van der Waals surface area contributed by atoms with Crippen LogP contribution >= 0.6 is 0 Å². The first-order valence-corrected chi connectivity index (χ1v) is 9.17. The summed E-state index contributed by atoms with van der Waals surface area (Å²) >= 11 is 0. The third-order valence-electron chi connectivity index (χ3n) is 4.98. The van der Waals surface area contributed by atoms with E-state index in [4.69, 9.17) is 4.74 Å². The molecule has 0 amide bonds. The minimum absolute atomic E-state index is 0.201. The van der Waals surface area contributed by atoms with Crippen LogP contribution in [0.3, 0.4) is 0 Å². The molecule has 0 unspecified atom stereocenters. The van der Waals surface area contributed by atoms with Crippen LogP contribution in [0.5, 0.6) is 5.75 Å². The van der Waals surface area contributed by atoms with E-state index in [0.29, 0.717) is 24.5 Å². The second-order valence-electron chi connectivity index (χ2n) is 6.95. The SMILES string of the molecule is FC(F)(F)c1n[nH]nc1-c1ccnc(-c2cn(C[C@H]3COc4ccccc43)cn2)c1. The number of rotatable bonds is 4. The van der Waals surface area contributed by atoms with Crippen molar-refractivity contribution >= 4 is 0 Å². The van der Waals surface area contributed by atoms with Gasteiger partial charge in [0.25, 0.3) is 0 Å². The molecule has 0 radical (unpaired) electrons. The van der Waals surface area contributed by atoms with Crippen molar-refractivity contribution < 1.29 is 17.9 Å². The average Bonchev–Trinajstić information content (AvgIpc) is 3.48. The third-order valence-corrected chi connectivity index (χ3v) is 4.98. The fourth-order valence-corrected chi connectivity index (χ4v) is 3.57. The molecule has 1 aromatic carbocycles. The lowest BCUT2D eigenvalue weighted by Gasteiger charge is -2.09. The number of benzene rings is 1. The van der Waals surface area contributed by atoms with E-state index < -0.39 is 11.9 Å². The van der Waals surface area contributed by atoms with E-state index >= 15 is 0 Å². The summed E-state index contributed by atoms with van der Waals surface area (Å²) in [7, 11) is 0. The summed E-state index contributed by atoms with van der Waals surface area (Å²) in [4.78, 5) is 8.62. The van der Waals surface area contributed by atoms with E-state index in [9.17, 15) is 13.2 Å². The molecule has 0 aliphatic carbocycles. The lowest BCUT2D eigenvalue weighted by Crippen LogP contribution is -2.09. The van der Waals surface area contributed by atoms with Crippen molar-refractivity contribution in [2.75, 3.05) is 6.61 Å². The molecule has 4 aromatic rings. The first-order valence-electron chi connectivity index (χ1n) is 9.17. The van der Waals surface area contributed by atoms with Crippen molar-refractivity contribution in [2.24, 2.45) is 0 Å². The first-order chi connectivity index (χ1) is 14.5. The number of pyridine rings is 1. The number of alkyl halides is 3. The molecule has 0 fully saturated rings. The fourth-order valence-electron chi connectivity index (χ4n) is 3.57.